The van der Waals surface area contributed by atoms with E-state index in [-0.39, 0.29) is 41.8 Å². The molecule has 0 bridgehead atoms. The molecule has 168 valence electrons. The van der Waals surface area contributed by atoms with Gasteiger partial charge in [-0.25, -0.2) is 0 Å². The molecule has 30 heavy (non-hydrogen) atoms. The SMILES string of the molecule is CCNC(=NCCCC(=O)Nc1ccc(Cl)cc1)N1CCC(C(=O)OCC)CC1.I. The number of guanidine groups is 1. The minimum absolute atomic E-state index is 0. The molecule has 1 saturated heterocycles. The van der Waals surface area contributed by atoms with Gasteiger partial charge in [-0.2, -0.15) is 0 Å². The van der Waals surface area contributed by atoms with Gasteiger partial charge in [0, 0.05) is 43.3 Å². The fourth-order valence-corrected chi connectivity index (χ4v) is 3.32. The predicted octanol–water partition coefficient (Wildman–Crippen LogP) is 3.92. The number of esters is 1. The minimum Gasteiger partial charge on any atom is -0.466 e. The molecule has 9 heteroatoms. The number of carbonyl (C=O) groups excluding carboxylic acids is 2. The third-order valence-electron chi connectivity index (χ3n) is 4.70. The predicted molar refractivity (Wildman–Crippen MR) is 132 cm³/mol. The molecular formula is C21H32ClIN4O3. The summed E-state index contributed by atoms with van der Waals surface area (Å²) in [5, 5.41) is 6.80. The van der Waals surface area contributed by atoms with Crippen LogP contribution in [0.4, 0.5) is 5.69 Å². The van der Waals surface area contributed by atoms with Gasteiger partial charge in [-0.05, 0) is 57.4 Å². The summed E-state index contributed by atoms with van der Waals surface area (Å²) in [4.78, 5) is 30.8. The molecule has 0 spiro atoms. The van der Waals surface area contributed by atoms with Gasteiger partial charge in [-0.15, -0.1) is 24.0 Å². The first kappa shape index (κ1) is 26.5. The van der Waals surface area contributed by atoms with Crippen molar-refractivity contribution in [3.05, 3.63) is 29.3 Å². The standard InChI is InChI=1S/C21H31ClN4O3.HI/c1-3-23-21(26-14-11-16(12-15-26)20(28)29-4-2)24-13-5-6-19(27)25-18-9-7-17(22)8-10-18;/h7-10,16H,3-6,11-15H2,1-2H3,(H,23,24)(H,25,27);1H. The van der Waals surface area contributed by atoms with Crippen LogP contribution in [0.5, 0.6) is 0 Å². The maximum Gasteiger partial charge on any atom is 0.309 e. The summed E-state index contributed by atoms with van der Waals surface area (Å²) in [7, 11) is 0. The molecule has 2 rings (SSSR count). The normalized spacial score (nSPS) is 14.6. The van der Waals surface area contributed by atoms with Crippen LogP contribution in [0.1, 0.15) is 39.5 Å². The van der Waals surface area contributed by atoms with E-state index in [4.69, 9.17) is 16.3 Å². The topological polar surface area (TPSA) is 83.0 Å². The number of amides is 1. The second-order valence-electron chi connectivity index (χ2n) is 6.91. The smallest absolute Gasteiger partial charge is 0.309 e. The van der Waals surface area contributed by atoms with Gasteiger partial charge in [-0.1, -0.05) is 11.6 Å². The monoisotopic (exact) mass is 550 g/mol. The molecule has 0 aromatic heterocycles. The van der Waals surface area contributed by atoms with Crippen molar-refractivity contribution >= 4 is 59.1 Å². The minimum atomic E-state index is -0.0965. The third-order valence-corrected chi connectivity index (χ3v) is 4.95. The van der Waals surface area contributed by atoms with Crippen LogP contribution in [0.15, 0.2) is 29.3 Å². The van der Waals surface area contributed by atoms with E-state index in [9.17, 15) is 9.59 Å². The van der Waals surface area contributed by atoms with Gasteiger partial charge in [-0.3, -0.25) is 14.6 Å². The number of piperidine rings is 1. The van der Waals surface area contributed by atoms with Crippen LogP contribution in [-0.2, 0) is 14.3 Å². The molecule has 0 atom stereocenters. The summed E-state index contributed by atoms with van der Waals surface area (Å²) < 4.78 is 5.13. The van der Waals surface area contributed by atoms with Crippen LogP contribution < -0.4 is 10.6 Å². The van der Waals surface area contributed by atoms with Gasteiger partial charge in [0.25, 0.3) is 0 Å². The van der Waals surface area contributed by atoms with Crippen LogP contribution in [0.2, 0.25) is 5.02 Å². The number of hydrogen-bond donors (Lipinski definition) is 2. The first-order valence-corrected chi connectivity index (χ1v) is 10.7. The number of benzene rings is 1. The highest BCUT2D eigenvalue weighted by Gasteiger charge is 2.27. The number of halogens is 2. The van der Waals surface area contributed by atoms with Crippen molar-refractivity contribution in [2.24, 2.45) is 10.9 Å². The van der Waals surface area contributed by atoms with E-state index < -0.39 is 0 Å². The average Bonchev–Trinajstić information content (AvgIpc) is 2.72. The lowest BCUT2D eigenvalue weighted by atomic mass is 9.97. The molecule has 0 unspecified atom stereocenters. The number of carbonyl (C=O) groups is 2. The molecule has 2 N–H and O–H groups in total. The number of rotatable bonds is 8. The molecule has 1 amide bonds. The lowest BCUT2D eigenvalue weighted by Gasteiger charge is -2.33. The van der Waals surface area contributed by atoms with Crippen LogP contribution in [-0.4, -0.2) is 55.5 Å². The molecule has 1 aliphatic rings. The molecule has 1 aromatic rings. The Labute approximate surface area is 201 Å². The molecule has 7 nitrogen and oxygen atoms in total. The van der Waals surface area contributed by atoms with Crippen molar-refractivity contribution in [2.45, 2.75) is 39.5 Å². The third kappa shape index (κ3) is 9.07. The molecule has 1 heterocycles. The van der Waals surface area contributed by atoms with Crippen LogP contribution in [0.3, 0.4) is 0 Å². The highest BCUT2D eigenvalue weighted by atomic mass is 127. The van der Waals surface area contributed by atoms with Gasteiger partial charge in [0.1, 0.15) is 0 Å². The fraction of sp³-hybridized carbons (Fsp3) is 0.571. The second kappa shape index (κ2) is 14.5. The first-order chi connectivity index (χ1) is 14.0. The summed E-state index contributed by atoms with van der Waals surface area (Å²) in [6.45, 7) is 7.16. The Morgan fingerprint density at radius 2 is 1.87 bits per heavy atom. The van der Waals surface area contributed by atoms with E-state index in [2.05, 4.69) is 20.5 Å². The maximum atomic E-state index is 12.1. The van der Waals surface area contributed by atoms with E-state index >= 15 is 0 Å². The molecule has 0 aliphatic carbocycles. The molecule has 0 radical (unpaired) electrons. The number of anilines is 1. The van der Waals surface area contributed by atoms with Gasteiger partial charge in [0.2, 0.25) is 5.91 Å². The van der Waals surface area contributed by atoms with Gasteiger partial charge in [0.15, 0.2) is 5.96 Å². The summed E-state index contributed by atoms with van der Waals surface area (Å²) in [5.41, 5.74) is 0.737. The number of nitrogens with zero attached hydrogens (tertiary/aromatic N) is 2. The second-order valence-corrected chi connectivity index (χ2v) is 7.34. The number of ether oxygens (including phenoxy) is 1. The number of aliphatic imine (C=N–C) groups is 1. The Bertz CT molecular complexity index is 692. The van der Waals surface area contributed by atoms with Crippen molar-refractivity contribution in [3.63, 3.8) is 0 Å². The Balaban J connectivity index is 0.00000450. The van der Waals surface area contributed by atoms with Crippen molar-refractivity contribution in [1.29, 1.82) is 0 Å². The van der Waals surface area contributed by atoms with Crippen LogP contribution in [0, 0.1) is 5.92 Å². The van der Waals surface area contributed by atoms with Crippen molar-refractivity contribution < 1.29 is 14.3 Å². The highest BCUT2D eigenvalue weighted by molar-refractivity contribution is 14.0. The molecule has 1 aliphatic heterocycles. The Kier molecular flexibility index (Phi) is 12.8. The van der Waals surface area contributed by atoms with E-state index in [1.54, 1.807) is 24.3 Å². The zero-order valence-electron chi connectivity index (χ0n) is 17.7. The summed E-state index contributed by atoms with van der Waals surface area (Å²) in [6.07, 6.45) is 2.60. The summed E-state index contributed by atoms with van der Waals surface area (Å²) in [6, 6.07) is 7.05. The van der Waals surface area contributed by atoms with E-state index in [1.165, 1.54) is 0 Å². The highest BCUT2D eigenvalue weighted by Crippen LogP contribution is 2.19. The Morgan fingerprint density at radius 1 is 1.20 bits per heavy atom. The van der Waals surface area contributed by atoms with Gasteiger partial charge < -0.3 is 20.3 Å². The summed E-state index contributed by atoms with van der Waals surface area (Å²) >= 11 is 5.85. The van der Waals surface area contributed by atoms with Crippen molar-refractivity contribution in [3.8, 4) is 0 Å². The number of likely N-dealkylation sites (tertiary alicyclic amines) is 1. The zero-order chi connectivity index (χ0) is 21.1. The number of nitrogens with one attached hydrogen (secondary N) is 2. The summed E-state index contributed by atoms with van der Waals surface area (Å²) in [5.74, 6) is 0.683. The average molecular weight is 551 g/mol. The van der Waals surface area contributed by atoms with Gasteiger partial charge >= 0.3 is 5.97 Å². The zero-order valence-corrected chi connectivity index (χ0v) is 20.7. The van der Waals surface area contributed by atoms with Crippen molar-refractivity contribution in [2.75, 3.05) is 38.1 Å². The van der Waals surface area contributed by atoms with Gasteiger partial charge in [0.05, 0.1) is 12.5 Å². The molecule has 1 aromatic carbocycles. The quantitative estimate of drug-likeness (QED) is 0.169. The number of hydrogen-bond acceptors (Lipinski definition) is 4. The molecule has 0 saturated carbocycles. The molecule has 1 fully saturated rings. The lowest BCUT2D eigenvalue weighted by molar-refractivity contribution is -0.149. The Morgan fingerprint density at radius 3 is 2.47 bits per heavy atom. The van der Waals surface area contributed by atoms with Crippen LogP contribution >= 0.6 is 35.6 Å². The maximum absolute atomic E-state index is 12.1. The van der Waals surface area contributed by atoms with E-state index in [0.29, 0.717) is 31.0 Å². The Hall–Kier alpha value is -1.55. The van der Waals surface area contributed by atoms with E-state index in [0.717, 1.165) is 44.1 Å². The largest absolute Gasteiger partial charge is 0.466 e. The first-order valence-electron chi connectivity index (χ1n) is 10.3. The van der Waals surface area contributed by atoms with Crippen LogP contribution in [0.25, 0.3) is 0 Å². The van der Waals surface area contributed by atoms with E-state index in [1.807, 2.05) is 13.8 Å². The lowest BCUT2D eigenvalue weighted by Crippen LogP contribution is -2.46. The molecular weight excluding hydrogens is 519 g/mol. The van der Waals surface area contributed by atoms with Crippen molar-refractivity contribution in [1.82, 2.24) is 10.2 Å². The fourth-order valence-electron chi connectivity index (χ4n) is 3.19.